The highest BCUT2D eigenvalue weighted by molar-refractivity contribution is 5.89. The summed E-state index contributed by atoms with van der Waals surface area (Å²) in [6.45, 7) is 0.491. The molecule has 1 heterocycles. The number of benzene rings is 2. The number of nitriles is 1. The molecule has 3 rings (SSSR count). The van der Waals surface area contributed by atoms with Crippen molar-refractivity contribution in [1.29, 1.82) is 5.26 Å². The minimum Gasteiger partial charge on any atom is -0.508 e. The third kappa shape index (κ3) is 4.89. The average Bonchev–Trinajstić information content (AvgIpc) is 3.18. The zero-order valence-corrected chi connectivity index (χ0v) is 14.6. The van der Waals surface area contributed by atoms with Crippen LogP contribution < -0.4 is 5.32 Å². The van der Waals surface area contributed by atoms with E-state index in [1.165, 1.54) is 0 Å². The summed E-state index contributed by atoms with van der Waals surface area (Å²) in [6, 6.07) is 19.4. The monoisotopic (exact) mass is 361 g/mol. The minimum absolute atomic E-state index is 0.135. The minimum atomic E-state index is -0.317. The fourth-order valence-corrected chi connectivity index (χ4v) is 2.64. The number of carbonyl (C=O) groups is 1. The van der Waals surface area contributed by atoms with Gasteiger partial charge in [-0.3, -0.25) is 0 Å². The quantitative estimate of drug-likeness (QED) is 0.685. The largest absolute Gasteiger partial charge is 0.508 e. The number of hydrogen-bond donors (Lipinski definition) is 2. The molecule has 2 aromatic carbocycles. The second-order valence-corrected chi connectivity index (χ2v) is 6.03. The van der Waals surface area contributed by atoms with E-state index in [1.807, 2.05) is 6.07 Å². The molecule has 136 valence electrons. The van der Waals surface area contributed by atoms with Crippen LogP contribution in [0, 0.1) is 11.3 Å². The molecule has 2 N–H and O–H groups in total. The van der Waals surface area contributed by atoms with Gasteiger partial charge in [-0.1, -0.05) is 30.3 Å². The lowest BCUT2D eigenvalue weighted by Gasteiger charge is -2.23. The molecule has 0 bridgehead atoms. The Morgan fingerprint density at radius 3 is 2.52 bits per heavy atom. The van der Waals surface area contributed by atoms with E-state index in [-0.39, 0.29) is 24.9 Å². The zero-order valence-electron chi connectivity index (χ0n) is 14.6. The van der Waals surface area contributed by atoms with E-state index in [2.05, 4.69) is 11.4 Å². The van der Waals surface area contributed by atoms with Crippen LogP contribution in [0.5, 0.6) is 5.75 Å². The fourth-order valence-electron chi connectivity index (χ4n) is 2.64. The molecule has 6 heteroatoms. The number of para-hydroxylation sites is 1. The van der Waals surface area contributed by atoms with Crippen molar-refractivity contribution in [2.45, 2.75) is 19.5 Å². The first-order valence-corrected chi connectivity index (χ1v) is 8.47. The molecular weight excluding hydrogens is 342 g/mol. The van der Waals surface area contributed by atoms with Crippen LogP contribution in [0.4, 0.5) is 10.5 Å². The van der Waals surface area contributed by atoms with Gasteiger partial charge in [-0.05, 0) is 35.9 Å². The second-order valence-electron chi connectivity index (χ2n) is 6.03. The maximum atomic E-state index is 12.8. The van der Waals surface area contributed by atoms with Gasteiger partial charge in [0.05, 0.1) is 31.8 Å². The number of carbonyl (C=O) groups excluding carboxylic acids is 1. The van der Waals surface area contributed by atoms with Gasteiger partial charge in [-0.15, -0.1) is 0 Å². The smallest absolute Gasteiger partial charge is 0.322 e. The second kappa shape index (κ2) is 8.59. The highest BCUT2D eigenvalue weighted by Gasteiger charge is 2.17. The van der Waals surface area contributed by atoms with Crippen LogP contribution in [0.25, 0.3) is 0 Å². The third-order valence-corrected chi connectivity index (χ3v) is 4.06. The summed E-state index contributed by atoms with van der Waals surface area (Å²) in [5.74, 6) is 0.778. The summed E-state index contributed by atoms with van der Waals surface area (Å²) in [4.78, 5) is 14.4. The molecule has 0 aliphatic carbocycles. The molecule has 0 saturated carbocycles. The van der Waals surface area contributed by atoms with E-state index >= 15 is 0 Å². The number of anilines is 1. The van der Waals surface area contributed by atoms with Crippen molar-refractivity contribution in [1.82, 2.24) is 4.90 Å². The highest BCUT2D eigenvalue weighted by Crippen LogP contribution is 2.20. The maximum absolute atomic E-state index is 12.8. The summed E-state index contributed by atoms with van der Waals surface area (Å²) < 4.78 is 5.36. The Bertz CT molecular complexity index is 928. The molecule has 0 fully saturated rings. The number of phenolic OH excluding ortho intramolecular Hbond substituents is 1. The first-order chi connectivity index (χ1) is 13.2. The van der Waals surface area contributed by atoms with Crippen LogP contribution in [-0.2, 0) is 19.5 Å². The molecule has 2 amide bonds. The molecular formula is C21H19N3O3. The summed E-state index contributed by atoms with van der Waals surface area (Å²) in [5.41, 5.74) is 2.16. The van der Waals surface area contributed by atoms with Crippen molar-refractivity contribution < 1.29 is 14.3 Å². The van der Waals surface area contributed by atoms with Crippen LogP contribution in [-0.4, -0.2) is 16.0 Å². The van der Waals surface area contributed by atoms with Gasteiger partial charge in [0.15, 0.2) is 0 Å². The summed E-state index contributed by atoms with van der Waals surface area (Å²) in [5, 5.41) is 21.6. The normalized spacial score (nSPS) is 10.2. The van der Waals surface area contributed by atoms with E-state index in [9.17, 15) is 9.90 Å². The van der Waals surface area contributed by atoms with E-state index < -0.39 is 0 Å². The molecule has 0 atom stereocenters. The summed E-state index contributed by atoms with van der Waals surface area (Å²) >= 11 is 0. The van der Waals surface area contributed by atoms with Crippen LogP contribution in [0.1, 0.15) is 16.9 Å². The Hall–Kier alpha value is -3.72. The molecule has 0 unspecified atom stereocenters. The standard InChI is InChI=1S/C21H19N3O3/c22-12-11-16-7-9-18(10-8-16)23-21(26)24(15-19-5-3-13-27-19)14-17-4-1-2-6-20(17)25/h1-10,13,25H,11,14-15H2,(H,23,26). The molecule has 1 aromatic heterocycles. The molecule has 0 aliphatic heterocycles. The Labute approximate surface area is 157 Å². The molecule has 0 spiro atoms. The maximum Gasteiger partial charge on any atom is 0.322 e. The first-order valence-electron chi connectivity index (χ1n) is 8.47. The Morgan fingerprint density at radius 1 is 1.07 bits per heavy atom. The van der Waals surface area contributed by atoms with Gasteiger partial charge in [0.2, 0.25) is 0 Å². The number of nitrogens with zero attached hydrogens (tertiary/aromatic N) is 2. The average molecular weight is 361 g/mol. The van der Waals surface area contributed by atoms with Gasteiger partial charge in [0, 0.05) is 11.3 Å². The van der Waals surface area contributed by atoms with Crippen LogP contribution in [0.15, 0.2) is 71.3 Å². The topological polar surface area (TPSA) is 89.5 Å². The van der Waals surface area contributed by atoms with E-state index in [0.29, 0.717) is 23.4 Å². The summed E-state index contributed by atoms with van der Waals surface area (Å²) in [7, 11) is 0. The number of hydrogen-bond acceptors (Lipinski definition) is 4. The van der Waals surface area contributed by atoms with Crippen LogP contribution >= 0.6 is 0 Å². The first kappa shape index (κ1) is 18.1. The third-order valence-electron chi connectivity index (χ3n) is 4.06. The summed E-state index contributed by atoms with van der Waals surface area (Å²) in [6.07, 6.45) is 1.88. The van der Waals surface area contributed by atoms with Crippen molar-refractivity contribution in [3.05, 3.63) is 83.8 Å². The lowest BCUT2D eigenvalue weighted by molar-refractivity contribution is 0.200. The fraction of sp³-hybridized carbons (Fsp3) is 0.143. The van der Waals surface area contributed by atoms with Gasteiger partial charge in [-0.25, -0.2) is 4.79 Å². The number of nitrogens with one attached hydrogen (secondary N) is 1. The van der Waals surface area contributed by atoms with Crippen molar-refractivity contribution in [3.8, 4) is 11.8 Å². The van der Waals surface area contributed by atoms with Gasteiger partial charge in [-0.2, -0.15) is 5.26 Å². The van der Waals surface area contributed by atoms with E-state index in [4.69, 9.17) is 9.68 Å². The number of aromatic hydroxyl groups is 1. The number of furan rings is 1. The molecule has 0 aliphatic rings. The number of urea groups is 1. The zero-order chi connectivity index (χ0) is 19.1. The molecule has 6 nitrogen and oxygen atoms in total. The van der Waals surface area contributed by atoms with E-state index in [1.54, 1.807) is 65.8 Å². The predicted octanol–water partition coefficient (Wildman–Crippen LogP) is 4.29. The molecule has 3 aromatic rings. The van der Waals surface area contributed by atoms with Gasteiger partial charge < -0.3 is 19.7 Å². The van der Waals surface area contributed by atoms with Gasteiger partial charge >= 0.3 is 6.03 Å². The van der Waals surface area contributed by atoms with Crippen molar-refractivity contribution in [2.75, 3.05) is 5.32 Å². The SMILES string of the molecule is N#CCc1ccc(NC(=O)N(Cc2ccco2)Cc2ccccc2O)cc1. The Morgan fingerprint density at radius 2 is 1.85 bits per heavy atom. The van der Waals surface area contributed by atoms with Crippen molar-refractivity contribution in [3.63, 3.8) is 0 Å². The molecule has 0 radical (unpaired) electrons. The molecule has 0 saturated heterocycles. The van der Waals surface area contributed by atoms with E-state index in [0.717, 1.165) is 5.56 Å². The number of phenols is 1. The van der Waals surface area contributed by atoms with Gasteiger partial charge in [0.1, 0.15) is 11.5 Å². The van der Waals surface area contributed by atoms with Crippen molar-refractivity contribution in [2.24, 2.45) is 0 Å². The lowest BCUT2D eigenvalue weighted by atomic mass is 10.1. The number of amides is 2. The molecule has 27 heavy (non-hydrogen) atoms. The lowest BCUT2D eigenvalue weighted by Crippen LogP contribution is -2.34. The van der Waals surface area contributed by atoms with Crippen LogP contribution in [0.3, 0.4) is 0 Å². The van der Waals surface area contributed by atoms with Crippen LogP contribution in [0.2, 0.25) is 0 Å². The Balaban J connectivity index is 1.75. The Kier molecular flexibility index (Phi) is 5.75. The van der Waals surface area contributed by atoms with Gasteiger partial charge in [0.25, 0.3) is 0 Å². The number of rotatable bonds is 6. The highest BCUT2D eigenvalue weighted by atomic mass is 16.3. The predicted molar refractivity (Wildman–Crippen MR) is 101 cm³/mol. The van der Waals surface area contributed by atoms with Crippen molar-refractivity contribution >= 4 is 11.7 Å².